The topological polar surface area (TPSA) is 58.6 Å². The fourth-order valence-corrected chi connectivity index (χ4v) is 4.50. The van der Waals surface area contributed by atoms with Gasteiger partial charge in [-0.2, -0.15) is 0 Å². The average molecular weight is 301 g/mol. The van der Waals surface area contributed by atoms with Gasteiger partial charge in [0.2, 0.25) is 0 Å². The van der Waals surface area contributed by atoms with Crippen LogP contribution in [0.15, 0.2) is 61.2 Å². The second-order valence-corrected chi connectivity index (χ2v) is 7.15. The maximum absolute atomic E-state index is 13.2. The Morgan fingerprint density at radius 1 is 1.19 bits per heavy atom. The largest absolute Gasteiger partial charge is 0.438 e. The lowest BCUT2D eigenvalue weighted by Gasteiger charge is -2.29. The molecule has 1 aliphatic rings. The van der Waals surface area contributed by atoms with Gasteiger partial charge >= 0.3 is 0 Å². The van der Waals surface area contributed by atoms with Crippen LogP contribution in [-0.4, -0.2) is 17.6 Å². The molecule has 2 N–H and O–H groups in total. The molecule has 0 spiro atoms. The third-order valence-corrected chi connectivity index (χ3v) is 5.64. The van der Waals surface area contributed by atoms with Crippen molar-refractivity contribution < 1.29 is 14.2 Å². The van der Waals surface area contributed by atoms with E-state index >= 15 is 0 Å². The normalized spacial score (nSPS) is 20.8. The van der Waals surface area contributed by atoms with E-state index in [-0.39, 0.29) is 6.29 Å². The number of rotatable bonds is 4. The maximum Gasteiger partial charge on any atom is 0.291 e. The Hall–Kier alpha value is -1.87. The Morgan fingerprint density at radius 2 is 1.86 bits per heavy atom. The third-order valence-electron chi connectivity index (χ3n) is 3.43. The Kier molecular flexibility index (Phi) is 3.68. The van der Waals surface area contributed by atoms with E-state index < -0.39 is 13.6 Å². The summed E-state index contributed by atoms with van der Waals surface area (Å²) in [6, 6.07) is 15.0. The highest BCUT2D eigenvalue weighted by molar-refractivity contribution is 7.67. The number of hydrogen-bond donors (Lipinski definition) is 2. The summed E-state index contributed by atoms with van der Waals surface area (Å²) in [5.74, 6) is 0.606. The Morgan fingerprint density at radius 3 is 2.62 bits per heavy atom. The number of para-hydroxylation sites is 1. The molecule has 0 radical (unpaired) electrons. The molecule has 0 aliphatic carbocycles. The van der Waals surface area contributed by atoms with Crippen molar-refractivity contribution in [2.45, 2.75) is 6.23 Å². The van der Waals surface area contributed by atoms with Crippen molar-refractivity contribution in [1.82, 2.24) is 5.32 Å². The summed E-state index contributed by atoms with van der Waals surface area (Å²) in [5.41, 5.74) is 1.85. The summed E-state index contributed by atoms with van der Waals surface area (Å²) in [6.07, 6.45) is 0.477. The fourth-order valence-electron chi connectivity index (χ4n) is 2.39. The van der Waals surface area contributed by atoms with Crippen LogP contribution in [0.4, 0.5) is 0 Å². The van der Waals surface area contributed by atoms with Crippen LogP contribution in [-0.2, 0) is 4.57 Å². The van der Waals surface area contributed by atoms with E-state index in [1.807, 2.05) is 48.5 Å². The molecule has 3 rings (SSSR count). The zero-order chi connectivity index (χ0) is 14.9. The van der Waals surface area contributed by atoms with Crippen molar-refractivity contribution in [2.24, 2.45) is 0 Å². The zero-order valence-corrected chi connectivity index (χ0v) is 12.3. The number of aliphatic hydroxyl groups excluding tert-OH is 1. The Bertz CT molecular complexity index is 729. The van der Waals surface area contributed by atoms with Crippen LogP contribution in [0, 0.1) is 0 Å². The van der Waals surface area contributed by atoms with Crippen molar-refractivity contribution in [2.75, 3.05) is 6.29 Å². The molecule has 0 aromatic heterocycles. The minimum absolute atomic E-state index is 0.0472. The molecule has 0 bridgehead atoms. The van der Waals surface area contributed by atoms with Crippen molar-refractivity contribution in [1.29, 1.82) is 0 Å². The highest BCUT2D eigenvalue weighted by Crippen LogP contribution is 2.53. The van der Waals surface area contributed by atoms with Crippen LogP contribution in [0.2, 0.25) is 0 Å². The SMILES string of the molecule is C=CC(O)NCP1(=O)Oc2ccccc2-c2ccccc21. The molecular formula is C16H16NO3P. The monoisotopic (exact) mass is 301 g/mol. The van der Waals surface area contributed by atoms with E-state index in [0.717, 1.165) is 11.1 Å². The molecule has 2 aromatic carbocycles. The van der Waals surface area contributed by atoms with Gasteiger partial charge in [-0.1, -0.05) is 43.0 Å². The molecule has 1 aliphatic heterocycles. The van der Waals surface area contributed by atoms with Crippen molar-refractivity contribution in [3.05, 3.63) is 61.2 Å². The van der Waals surface area contributed by atoms with E-state index in [0.29, 0.717) is 11.1 Å². The number of fused-ring (bicyclic) bond motifs is 3. The van der Waals surface area contributed by atoms with Gasteiger partial charge in [0, 0.05) is 5.56 Å². The van der Waals surface area contributed by atoms with Crippen molar-refractivity contribution >= 4 is 12.7 Å². The first-order chi connectivity index (χ1) is 10.1. The van der Waals surface area contributed by atoms with Gasteiger partial charge in [-0.3, -0.25) is 9.88 Å². The predicted molar refractivity (Wildman–Crippen MR) is 84.0 cm³/mol. The molecule has 5 heteroatoms. The average Bonchev–Trinajstić information content (AvgIpc) is 2.53. The predicted octanol–water partition coefficient (Wildman–Crippen LogP) is 2.70. The molecule has 0 saturated heterocycles. The molecule has 0 saturated carbocycles. The molecule has 2 atom stereocenters. The van der Waals surface area contributed by atoms with Gasteiger partial charge in [-0.25, -0.2) is 0 Å². The zero-order valence-electron chi connectivity index (χ0n) is 11.4. The van der Waals surface area contributed by atoms with Gasteiger partial charge in [0.25, 0.3) is 7.37 Å². The van der Waals surface area contributed by atoms with Crippen LogP contribution in [0.25, 0.3) is 11.1 Å². The van der Waals surface area contributed by atoms with Crippen molar-refractivity contribution in [3.63, 3.8) is 0 Å². The van der Waals surface area contributed by atoms with Crippen LogP contribution in [0.5, 0.6) is 5.75 Å². The summed E-state index contributed by atoms with van der Waals surface area (Å²) in [7, 11) is -3.12. The summed E-state index contributed by atoms with van der Waals surface area (Å²) in [4.78, 5) is 0. The van der Waals surface area contributed by atoms with Gasteiger partial charge in [-0.15, -0.1) is 0 Å². The fraction of sp³-hybridized carbons (Fsp3) is 0.125. The summed E-state index contributed by atoms with van der Waals surface area (Å²) < 4.78 is 19.0. The first kappa shape index (κ1) is 14.1. The maximum atomic E-state index is 13.2. The summed E-state index contributed by atoms with van der Waals surface area (Å²) in [6.45, 7) is 3.48. The summed E-state index contributed by atoms with van der Waals surface area (Å²) >= 11 is 0. The molecule has 21 heavy (non-hydrogen) atoms. The lowest BCUT2D eigenvalue weighted by atomic mass is 10.0. The molecule has 1 heterocycles. The third kappa shape index (κ3) is 2.54. The lowest BCUT2D eigenvalue weighted by Crippen LogP contribution is -2.32. The van der Waals surface area contributed by atoms with Gasteiger partial charge < -0.3 is 9.63 Å². The van der Waals surface area contributed by atoms with E-state index in [9.17, 15) is 9.67 Å². The molecular weight excluding hydrogens is 285 g/mol. The van der Waals surface area contributed by atoms with Gasteiger partial charge in [0.1, 0.15) is 12.0 Å². The number of benzene rings is 2. The second kappa shape index (κ2) is 5.49. The molecule has 2 aromatic rings. The molecule has 2 unspecified atom stereocenters. The standard InChI is InChI=1S/C16H16NO3P/c1-2-16(18)17-11-21(19)15-10-6-4-8-13(15)12-7-3-5-9-14(12)20-21/h2-10,16-18H,1,11H2. The first-order valence-electron chi connectivity index (χ1n) is 6.66. The number of nitrogens with one attached hydrogen (secondary N) is 1. The van der Waals surface area contributed by atoms with Crippen LogP contribution in [0.3, 0.4) is 0 Å². The van der Waals surface area contributed by atoms with E-state index in [1.54, 1.807) is 0 Å². The van der Waals surface area contributed by atoms with E-state index in [2.05, 4.69) is 11.9 Å². The van der Waals surface area contributed by atoms with Gasteiger partial charge in [0.15, 0.2) is 0 Å². The van der Waals surface area contributed by atoms with Gasteiger partial charge in [-0.05, 0) is 23.8 Å². The highest BCUT2D eigenvalue weighted by Gasteiger charge is 2.35. The minimum atomic E-state index is -3.12. The number of aliphatic hydroxyl groups is 1. The quantitative estimate of drug-likeness (QED) is 0.518. The molecule has 108 valence electrons. The second-order valence-electron chi connectivity index (χ2n) is 4.82. The molecule has 0 fully saturated rings. The smallest absolute Gasteiger partial charge is 0.291 e. The Balaban J connectivity index is 2.05. The van der Waals surface area contributed by atoms with Crippen LogP contribution in [0.1, 0.15) is 0 Å². The minimum Gasteiger partial charge on any atom is -0.438 e. The lowest BCUT2D eigenvalue weighted by molar-refractivity contribution is 0.191. The Labute approximate surface area is 123 Å². The van der Waals surface area contributed by atoms with E-state index in [4.69, 9.17) is 4.52 Å². The first-order valence-corrected chi connectivity index (χ1v) is 8.47. The summed E-state index contributed by atoms with van der Waals surface area (Å²) in [5, 5.41) is 13.0. The van der Waals surface area contributed by atoms with Crippen LogP contribution < -0.4 is 15.1 Å². The molecule has 0 amide bonds. The van der Waals surface area contributed by atoms with Crippen LogP contribution >= 0.6 is 7.37 Å². The number of hydrogen-bond acceptors (Lipinski definition) is 4. The van der Waals surface area contributed by atoms with Gasteiger partial charge in [0.05, 0.1) is 11.6 Å². The molecule has 4 nitrogen and oxygen atoms in total. The highest BCUT2D eigenvalue weighted by atomic mass is 31.2. The van der Waals surface area contributed by atoms with E-state index in [1.165, 1.54) is 6.08 Å². The van der Waals surface area contributed by atoms with Crippen molar-refractivity contribution in [3.8, 4) is 16.9 Å².